The van der Waals surface area contributed by atoms with Crippen LogP contribution in [0.25, 0.3) is 0 Å². The number of hydrogen-bond donors (Lipinski definition) is 0. The maximum Gasteiger partial charge on any atom is 0.0125 e. The van der Waals surface area contributed by atoms with E-state index in [9.17, 15) is 0 Å². The van der Waals surface area contributed by atoms with Crippen molar-refractivity contribution < 1.29 is 0 Å². The number of nitrogens with zero attached hydrogens (tertiary/aromatic N) is 1. The van der Waals surface area contributed by atoms with Crippen molar-refractivity contribution in [3.8, 4) is 0 Å². The van der Waals surface area contributed by atoms with E-state index in [0.29, 0.717) is 5.54 Å². The van der Waals surface area contributed by atoms with E-state index in [2.05, 4.69) is 32.6 Å². The lowest BCUT2D eigenvalue weighted by molar-refractivity contribution is 0.0760. The second kappa shape index (κ2) is 4.45. The van der Waals surface area contributed by atoms with E-state index in [-0.39, 0.29) is 0 Å². The van der Waals surface area contributed by atoms with Crippen molar-refractivity contribution in [2.75, 3.05) is 13.1 Å². The molecule has 1 fully saturated rings. The first-order chi connectivity index (χ1) is 6.04. The topological polar surface area (TPSA) is 3.24 Å². The maximum atomic E-state index is 2.65. The Morgan fingerprint density at radius 2 is 2.00 bits per heavy atom. The van der Waals surface area contributed by atoms with E-state index in [1.54, 1.807) is 0 Å². The molecule has 0 aliphatic carbocycles. The Morgan fingerprint density at radius 1 is 1.31 bits per heavy atom. The highest BCUT2D eigenvalue weighted by Gasteiger charge is 2.26. The number of likely N-dealkylation sites (tertiary alicyclic amines) is 1. The Morgan fingerprint density at radius 3 is 2.54 bits per heavy atom. The van der Waals surface area contributed by atoms with E-state index in [0.717, 1.165) is 5.92 Å². The fourth-order valence-corrected chi connectivity index (χ4v) is 2.32. The fourth-order valence-electron chi connectivity index (χ4n) is 2.32. The molecule has 1 rings (SSSR count). The van der Waals surface area contributed by atoms with E-state index in [4.69, 9.17) is 0 Å². The van der Waals surface area contributed by atoms with E-state index >= 15 is 0 Å². The second-order valence-electron chi connectivity index (χ2n) is 5.41. The second-order valence-corrected chi connectivity index (χ2v) is 5.41. The molecule has 78 valence electrons. The molecule has 0 unspecified atom stereocenters. The van der Waals surface area contributed by atoms with Crippen LogP contribution < -0.4 is 0 Å². The van der Waals surface area contributed by atoms with Crippen molar-refractivity contribution in [2.45, 2.75) is 58.9 Å². The predicted octanol–water partition coefficient (Wildman–Crippen LogP) is 3.30. The minimum atomic E-state index is 0.381. The molecule has 0 saturated carbocycles. The first kappa shape index (κ1) is 11.0. The van der Waals surface area contributed by atoms with Gasteiger partial charge in [0.15, 0.2) is 0 Å². The zero-order chi connectivity index (χ0) is 9.90. The van der Waals surface area contributed by atoms with Crippen LogP contribution in [0.1, 0.15) is 53.4 Å². The van der Waals surface area contributed by atoms with Gasteiger partial charge < -0.3 is 0 Å². The van der Waals surface area contributed by atoms with E-state index in [1.165, 1.54) is 38.8 Å². The zero-order valence-electron chi connectivity index (χ0n) is 9.77. The van der Waals surface area contributed by atoms with Gasteiger partial charge in [-0.3, -0.25) is 4.90 Å². The summed E-state index contributed by atoms with van der Waals surface area (Å²) in [5, 5.41) is 0. The van der Waals surface area contributed by atoms with Crippen molar-refractivity contribution in [1.29, 1.82) is 0 Å². The summed E-state index contributed by atoms with van der Waals surface area (Å²) >= 11 is 0. The predicted molar refractivity (Wildman–Crippen MR) is 59.0 cm³/mol. The molecule has 1 atom stereocenters. The highest BCUT2D eigenvalue weighted by Crippen LogP contribution is 2.25. The summed E-state index contributed by atoms with van der Waals surface area (Å²) in [6.45, 7) is 11.9. The lowest BCUT2D eigenvalue weighted by atomic mass is 9.90. The van der Waals surface area contributed by atoms with Gasteiger partial charge in [-0.2, -0.15) is 0 Å². The Bertz CT molecular complexity index is 144. The van der Waals surface area contributed by atoms with Gasteiger partial charge in [-0.25, -0.2) is 0 Å². The van der Waals surface area contributed by atoms with Gasteiger partial charge in [0.05, 0.1) is 0 Å². The van der Waals surface area contributed by atoms with Gasteiger partial charge in [0, 0.05) is 12.1 Å². The van der Waals surface area contributed by atoms with Gasteiger partial charge >= 0.3 is 0 Å². The van der Waals surface area contributed by atoms with Gasteiger partial charge in [-0.05, 0) is 52.5 Å². The molecule has 1 aliphatic rings. The lowest BCUT2D eigenvalue weighted by Gasteiger charge is -2.41. The highest BCUT2D eigenvalue weighted by atomic mass is 15.2. The highest BCUT2D eigenvalue weighted by molar-refractivity contribution is 4.82. The molecule has 13 heavy (non-hydrogen) atoms. The number of piperidine rings is 1. The first-order valence-electron chi connectivity index (χ1n) is 5.79. The summed E-state index contributed by atoms with van der Waals surface area (Å²) < 4.78 is 0. The van der Waals surface area contributed by atoms with Crippen LogP contribution in [-0.2, 0) is 0 Å². The minimum absolute atomic E-state index is 0.381. The monoisotopic (exact) mass is 183 g/mol. The number of rotatable bonds is 2. The van der Waals surface area contributed by atoms with Crippen molar-refractivity contribution in [2.24, 2.45) is 5.92 Å². The molecule has 1 aliphatic heterocycles. The Labute approximate surface area is 83.5 Å². The van der Waals surface area contributed by atoms with Crippen LogP contribution in [0, 0.1) is 5.92 Å². The minimum Gasteiger partial charge on any atom is -0.298 e. The number of hydrogen-bond acceptors (Lipinski definition) is 1. The molecule has 0 amide bonds. The first-order valence-corrected chi connectivity index (χ1v) is 5.79. The van der Waals surface area contributed by atoms with Gasteiger partial charge in [-0.15, -0.1) is 0 Å². The molecule has 1 heteroatoms. The molecule has 1 nitrogen and oxygen atoms in total. The molecule has 1 heterocycles. The largest absolute Gasteiger partial charge is 0.298 e. The lowest BCUT2D eigenvalue weighted by Crippen LogP contribution is -2.47. The van der Waals surface area contributed by atoms with Gasteiger partial charge in [0.25, 0.3) is 0 Å². The third kappa shape index (κ3) is 3.30. The standard InChI is InChI=1S/C12H25N/c1-5-7-11-8-6-9-13(10-11)12(2,3)4/h11H,5-10H2,1-4H3/t11-/m1/s1. The fraction of sp³-hybridized carbons (Fsp3) is 1.00. The summed E-state index contributed by atoms with van der Waals surface area (Å²) in [7, 11) is 0. The van der Waals surface area contributed by atoms with Crippen LogP contribution in [0.3, 0.4) is 0 Å². The Hall–Kier alpha value is -0.0400. The van der Waals surface area contributed by atoms with Gasteiger partial charge in [0.2, 0.25) is 0 Å². The average molecular weight is 183 g/mol. The van der Waals surface area contributed by atoms with Gasteiger partial charge in [0.1, 0.15) is 0 Å². The summed E-state index contributed by atoms with van der Waals surface area (Å²) in [4.78, 5) is 2.65. The third-order valence-electron chi connectivity index (χ3n) is 3.16. The molecule has 0 bridgehead atoms. The molecule has 0 aromatic heterocycles. The van der Waals surface area contributed by atoms with Crippen molar-refractivity contribution in [3.63, 3.8) is 0 Å². The van der Waals surface area contributed by atoms with Crippen molar-refractivity contribution >= 4 is 0 Å². The van der Waals surface area contributed by atoms with Crippen LogP contribution in [0.5, 0.6) is 0 Å². The molecule has 0 aromatic carbocycles. The van der Waals surface area contributed by atoms with Crippen LogP contribution in [0.4, 0.5) is 0 Å². The summed E-state index contributed by atoms with van der Waals surface area (Å²) in [5.74, 6) is 0.970. The van der Waals surface area contributed by atoms with Crippen LogP contribution in [-0.4, -0.2) is 23.5 Å². The quantitative estimate of drug-likeness (QED) is 0.635. The van der Waals surface area contributed by atoms with E-state index in [1.807, 2.05) is 0 Å². The zero-order valence-corrected chi connectivity index (χ0v) is 9.77. The van der Waals surface area contributed by atoms with Crippen LogP contribution in [0.15, 0.2) is 0 Å². The van der Waals surface area contributed by atoms with Gasteiger partial charge in [-0.1, -0.05) is 13.3 Å². The molecule has 1 saturated heterocycles. The summed E-state index contributed by atoms with van der Waals surface area (Å²) in [6.07, 6.45) is 5.64. The Balaban J connectivity index is 2.42. The summed E-state index contributed by atoms with van der Waals surface area (Å²) in [6, 6.07) is 0. The average Bonchev–Trinajstić information content (AvgIpc) is 2.04. The van der Waals surface area contributed by atoms with E-state index < -0.39 is 0 Å². The van der Waals surface area contributed by atoms with Crippen LogP contribution in [0.2, 0.25) is 0 Å². The molecule has 0 aromatic rings. The van der Waals surface area contributed by atoms with Crippen molar-refractivity contribution in [1.82, 2.24) is 4.90 Å². The molecular weight excluding hydrogens is 158 g/mol. The normalized spacial score (nSPS) is 26.3. The van der Waals surface area contributed by atoms with Crippen molar-refractivity contribution in [3.05, 3.63) is 0 Å². The molecular formula is C12H25N. The molecule has 0 radical (unpaired) electrons. The Kier molecular flexibility index (Phi) is 3.78. The maximum absolute atomic E-state index is 2.65. The molecule has 0 N–H and O–H groups in total. The van der Waals surface area contributed by atoms with Crippen LogP contribution >= 0.6 is 0 Å². The SMILES string of the molecule is CCC[C@@H]1CCCN(C(C)(C)C)C1. The third-order valence-corrected chi connectivity index (χ3v) is 3.16. The summed E-state index contributed by atoms with van der Waals surface area (Å²) in [5.41, 5.74) is 0.381. The molecule has 0 spiro atoms. The smallest absolute Gasteiger partial charge is 0.0125 e.